The zero-order valence-electron chi connectivity index (χ0n) is 19.1. The van der Waals surface area contributed by atoms with Crippen LogP contribution < -0.4 is 10.1 Å². The smallest absolute Gasteiger partial charge is 0.254 e. The Bertz CT molecular complexity index is 1400. The Hall–Kier alpha value is -4.38. The number of carbonyl (C=O) groups is 2. The van der Waals surface area contributed by atoms with Gasteiger partial charge < -0.3 is 15.0 Å². The summed E-state index contributed by atoms with van der Waals surface area (Å²) >= 11 is 0. The molecule has 0 spiro atoms. The van der Waals surface area contributed by atoms with Crippen molar-refractivity contribution in [1.29, 1.82) is 0 Å². The maximum atomic E-state index is 13.8. The largest absolute Gasteiger partial charge is 0.457 e. The van der Waals surface area contributed by atoms with E-state index in [0.717, 1.165) is 23.3 Å². The number of carbonyl (C=O) groups excluding carboxylic acids is 2. The van der Waals surface area contributed by atoms with Crippen LogP contribution in [0, 0.1) is 0 Å². The third kappa shape index (κ3) is 3.85. The number of anilines is 1. The van der Waals surface area contributed by atoms with Crippen LogP contribution in [0.5, 0.6) is 11.5 Å². The van der Waals surface area contributed by atoms with Crippen LogP contribution in [0.15, 0.2) is 103 Å². The van der Waals surface area contributed by atoms with Gasteiger partial charge in [0.05, 0.1) is 12.0 Å². The Morgan fingerprint density at radius 3 is 2.23 bits per heavy atom. The second-order valence-corrected chi connectivity index (χ2v) is 8.89. The van der Waals surface area contributed by atoms with Gasteiger partial charge in [-0.1, -0.05) is 60.7 Å². The number of para-hydroxylation sites is 1. The Balaban J connectivity index is 1.32. The van der Waals surface area contributed by atoms with Gasteiger partial charge in [0.25, 0.3) is 5.91 Å². The molecule has 0 fully saturated rings. The molecule has 5 heteroatoms. The molecule has 4 aromatic rings. The van der Waals surface area contributed by atoms with Crippen molar-refractivity contribution in [2.45, 2.75) is 18.4 Å². The van der Waals surface area contributed by atoms with E-state index in [2.05, 4.69) is 11.4 Å². The number of nitrogens with zero attached hydrogens (tertiary/aromatic N) is 1. The van der Waals surface area contributed by atoms with Crippen molar-refractivity contribution in [2.75, 3.05) is 11.9 Å². The lowest BCUT2D eigenvalue weighted by Crippen LogP contribution is -2.49. The summed E-state index contributed by atoms with van der Waals surface area (Å²) in [5.41, 5.74) is 4.31. The molecule has 1 N–H and O–H groups in total. The molecule has 35 heavy (non-hydrogen) atoms. The maximum absolute atomic E-state index is 13.8. The number of ether oxygens (including phenoxy) is 1. The molecule has 0 radical (unpaired) electrons. The second-order valence-electron chi connectivity index (χ2n) is 8.89. The highest BCUT2D eigenvalue weighted by Gasteiger charge is 2.46. The fourth-order valence-corrected chi connectivity index (χ4v) is 5.21. The van der Waals surface area contributed by atoms with Gasteiger partial charge in [-0.25, -0.2) is 0 Å². The zero-order valence-corrected chi connectivity index (χ0v) is 19.1. The highest BCUT2D eigenvalue weighted by molar-refractivity contribution is 6.04. The topological polar surface area (TPSA) is 58.6 Å². The summed E-state index contributed by atoms with van der Waals surface area (Å²) < 4.78 is 5.87. The van der Waals surface area contributed by atoms with Crippen molar-refractivity contribution in [2.24, 2.45) is 0 Å². The first-order valence-electron chi connectivity index (χ1n) is 11.8. The normalized spacial score (nSPS) is 18.2. The number of amides is 2. The van der Waals surface area contributed by atoms with E-state index in [1.165, 1.54) is 5.56 Å². The van der Waals surface area contributed by atoms with Gasteiger partial charge in [-0.05, 0) is 65.6 Å². The van der Waals surface area contributed by atoms with Crippen molar-refractivity contribution in [3.8, 4) is 11.5 Å². The Kier molecular flexibility index (Phi) is 5.30. The average Bonchev–Trinajstić information content (AvgIpc) is 2.90. The van der Waals surface area contributed by atoms with Gasteiger partial charge in [0.1, 0.15) is 11.5 Å². The molecule has 0 saturated carbocycles. The molecular weight excluding hydrogens is 436 g/mol. The summed E-state index contributed by atoms with van der Waals surface area (Å²) in [6, 6.07) is 32.2. The molecule has 172 valence electrons. The SMILES string of the molecule is O=C(Nc1ccc(Oc2ccccc2)cc1)[C@@H]1c2ccccc2C(=O)N2CCc3ccccc3[C@@H]12. The van der Waals surface area contributed by atoms with Gasteiger partial charge in [-0.3, -0.25) is 9.59 Å². The standard InChI is InChI=1S/C30H24N2O3/c33-29(31-21-14-16-23(17-15-21)35-22-9-2-1-3-10-22)27-25-12-6-7-13-26(25)30(34)32-19-18-20-8-4-5-11-24(20)28(27)32/h1-17,27-28H,18-19H2,(H,31,33)/t27-,28+/m1/s1. The molecule has 2 atom stereocenters. The number of benzene rings is 4. The average molecular weight is 461 g/mol. The van der Waals surface area contributed by atoms with Crippen LogP contribution in [-0.2, 0) is 11.2 Å². The first-order chi connectivity index (χ1) is 17.2. The van der Waals surface area contributed by atoms with E-state index in [1.807, 2.05) is 102 Å². The van der Waals surface area contributed by atoms with Crippen molar-refractivity contribution in [3.63, 3.8) is 0 Å². The van der Waals surface area contributed by atoms with Gasteiger partial charge in [-0.2, -0.15) is 0 Å². The van der Waals surface area contributed by atoms with Crippen LogP contribution in [0.4, 0.5) is 5.69 Å². The summed E-state index contributed by atoms with van der Waals surface area (Å²) in [6.07, 6.45) is 0.789. The Morgan fingerprint density at radius 1 is 0.771 bits per heavy atom. The van der Waals surface area contributed by atoms with E-state index >= 15 is 0 Å². The fraction of sp³-hybridized carbons (Fsp3) is 0.133. The van der Waals surface area contributed by atoms with E-state index in [1.54, 1.807) is 0 Å². The monoisotopic (exact) mass is 460 g/mol. The molecule has 2 heterocycles. The predicted molar refractivity (Wildman–Crippen MR) is 135 cm³/mol. The minimum atomic E-state index is -0.509. The quantitative estimate of drug-likeness (QED) is 0.409. The molecule has 2 amide bonds. The molecule has 0 bridgehead atoms. The highest BCUT2D eigenvalue weighted by Crippen LogP contribution is 2.46. The van der Waals surface area contributed by atoms with Gasteiger partial charge >= 0.3 is 0 Å². The van der Waals surface area contributed by atoms with E-state index in [0.29, 0.717) is 23.5 Å². The Labute approximate surface area is 204 Å². The molecule has 2 aliphatic rings. The van der Waals surface area contributed by atoms with Gasteiger partial charge in [0, 0.05) is 17.8 Å². The highest BCUT2D eigenvalue weighted by atomic mass is 16.5. The third-order valence-electron chi connectivity index (χ3n) is 6.82. The minimum absolute atomic E-state index is 0.00781. The summed E-state index contributed by atoms with van der Waals surface area (Å²) in [5.74, 6) is 0.796. The molecule has 0 saturated heterocycles. The van der Waals surface area contributed by atoms with Crippen molar-refractivity contribution in [3.05, 3.63) is 125 Å². The molecule has 6 rings (SSSR count). The van der Waals surface area contributed by atoms with Crippen molar-refractivity contribution >= 4 is 17.5 Å². The summed E-state index contributed by atoms with van der Waals surface area (Å²) in [7, 11) is 0. The van der Waals surface area contributed by atoms with Gasteiger partial charge in [0.15, 0.2) is 0 Å². The summed E-state index contributed by atoms with van der Waals surface area (Å²) in [4.78, 5) is 29.0. The fourth-order valence-electron chi connectivity index (χ4n) is 5.21. The van der Waals surface area contributed by atoms with Gasteiger partial charge in [-0.15, -0.1) is 0 Å². The summed E-state index contributed by atoms with van der Waals surface area (Å²) in [5, 5.41) is 3.09. The predicted octanol–water partition coefficient (Wildman–Crippen LogP) is 5.95. The van der Waals surface area contributed by atoms with E-state index < -0.39 is 5.92 Å². The van der Waals surface area contributed by atoms with Gasteiger partial charge in [0.2, 0.25) is 5.91 Å². The van der Waals surface area contributed by atoms with E-state index in [4.69, 9.17) is 4.74 Å². The number of hydrogen-bond acceptors (Lipinski definition) is 3. The molecule has 2 aliphatic heterocycles. The molecule has 5 nitrogen and oxygen atoms in total. The number of hydrogen-bond donors (Lipinski definition) is 1. The lowest BCUT2D eigenvalue weighted by atomic mass is 9.76. The van der Waals surface area contributed by atoms with Crippen LogP contribution in [0.3, 0.4) is 0 Å². The number of nitrogens with one attached hydrogen (secondary N) is 1. The summed E-state index contributed by atoms with van der Waals surface area (Å²) in [6.45, 7) is 0.601. The first-order valence-corrected chi connectivity index (χ1v) is 11.8. The molecule has 0 aliphatic carbocycles. The van der Waals surface area contributed by atoms with Crippen LogP contribution in [-0.4, -0.2) is 23.3 Å². The van der Waals surface area contributed by atoms with Crippen LogP contribution in [0.1, 0.15) is 39.0 Å². The third-order valence-corrected chi connectivity index (χ3v) is 6.82. The van der Waals surface area contributed by atoms with Crippen LogP contribution in [0.25, 0.3) is 0 Å². The molecule has 4 aromatic carbocycles. The molecule has 0 unspecified atom stereocenters. The first kappa shape index (κ1) is 21.2. The molecular formula is C30H24N2O3. The van der Waals surface area contributed by atoms with E-state index in [-0.39, 0.29) is 17.9 Å². The van der Waals surface area contributed by atoms with Crippen LogP contribution in [0.2, 0.25) is 0 Å². The zero-order chi connectivity index (χ0) is 23.8. The molecule has 0 aromatic heterocycles. The van der Waals surface area contributed by atoms with Crippen molar-refractivity contribution in [1.82, 2.24) is 4.90 Å². The number of fused-ring (bicyclic) bond motifs is 4. The minimum Gasteiger partial charge on any atom is -0.457 e. The number of rotatable bonds is 4. The second kappa shape index (κ2) is 8.76. The van der Waals surface area contributed by atoms with E-state index in [9.17, 15) is 9.59 Å². The maximum Gasteiger partial charge on any atom is 0.254 e. The van der Waals surface area contributed by atoms with Crippen LogP contribution >= 0.6 is 0 Å². The van der Waals surface area contributed by atoms with Crippen molar-refractivity contribution < 1.29 is 14.3 Å². The lowest BCUT2D eigenvalue weighted by Gasteiger charge is -2.45. The Morgan fingerprint density at radius 2 is 1.43 bits per heavy atom. The lowest BCUT2D eigenvalue weighted by molar-refractivity contribution is -0.119.